The van der Waals surface area contributed by atoms with Crippen molar-refractivity contribution in [2.75, 3.05) is 12.4 Å². The molecule has 0 radical (unpaired) electrons. The van der Waals surface area contributed by atoms with Crippen LogP contribution in [0.15, 0.2) is 34.1 Å². The molecule has 0 saturated carbocycles. The van der Waals surface area contributed by atoms with Gasteiger partial charge in [-0.05, 0) is 35.0 Å². The van der Waals surface area contributed by atoms with Crippen LogP contribution in [0.1, 0.15) is 10.7 Å². The summed E-state index contributed by atoms with van der Waals surface area (Å²) in [6.07, 6.45) is 0. The normalized spacial score (nSPS) is 10.3. The quantitative estimate of drug-likeness (QED) is 0.922. The molecule has 2 aromatic rings. The summed E-state index contributed by atoms with van der Waals surface area (Å²) in [7, 11) is 1.75. The van der Waals surface area contributed by atoms with Gasteiger partial charge in [0.05, 0.1) is 22.9 Å². The summed E-state index contributed by atoms with van der Waals surface area (Å²) < 4.78 is 0.862. The summed E-state index contributed by atoms with van der Waals surface area (Å²) in [5, 5.41) is 5.83. The summed E-state index contributed by atoms with van der Waals surface area (Å²) in [5.74, 6) is 0. The SMILES string of the molecule is Cc1nc(CN(C)C(=O)Nc2ccccc2Br)cs1. The zero-order valence-electron chi connectivity index (χ0n) is 10.7. The molecular formula is C13H14BrN3OS. The smallest absolute Gasteiger partial charge is 0.321 e. The molecule has 0 aliphatic heterocycles. The van der Waals surface area contributed by atoms with Crippen molar-refractivity contribution in [3.05, 3.63) is 44.8 Å². The second kappa shape index (κ2) is 6.16. The lowest BCUT2D eigenvalue weighted by atomic mass is 10.3. The van der Waals surface area contributed by atoms with E-state index in [4.69, 9.17) is 0 Å². The molecule has 0 aliphatic carbocycles. The van der Waals surface area contributed by atoms with Gasteiger partial charge in [0.15, 0.2) is 0 Å². The van der Waals surface area contributed by atoms with Gasteiger partial charge in [0.25, 0.3) is 0 Å². The molecule has 1 aromatic heterocycles. The number of nitrogens with zero attached hydrogens (tertiary/aromatic N) is 2. The molecule has 0 fully saturated rings. The molecule has 0 spiro atoms. The molecule has 0 saturated heterocycles. The molecule has 0 aliphatic rings. The number of hydrogen-bond acceptors (Lipinski definition) is 3. The van der Waals surface area contributed by atoms with Crippen molar-refractivity contribution in [1.82, 2.24) is 9.88 Å². The van der Waals surface area contributed by atoms with Crippen LogP contribution >= 0.6 is 27.3 Å². The molecule has 0 bridgehead atoms. The Kier molecular flexibility index (Phi) is 4.55. The van der Waals surface area contributed by atoms with Crippen molar-refractivity contribution in [3.8, 4) is 0 Å². The van der Waals surface area contributed by atoms with Crippen molar-refractivity contribution in [2.24, 2.45) is 0 Å². The van der Waals surface area contributed by atoms with Crippen LogP contribution < -0.4 is 5.32 Å². The second-order valence-electron chi connectivity index (χ2n) is 4.12. The van der Waals surface area contributed by atoms with Crippen LogP contribution in [0.4, 0.5) is 10.5 Å². The number of halogens is 1. The van der Waals surface area contributed by atoms with E-state index in [9.17, 15) is 4.79 Å². The van der Waals surface area contributed by atoms with Gasteiger partial charge in [0, 0.05) is 16.9 Å². The highest BCUT2D eigenvalue weighted by molar-refractivity contribution is 9.10. The maximum absolute atomic E-state index is 12.0. The molecule has 4 nitrogen and oxygen atoms in total. The maximum atomic E-state index is 12.0. The van der Waals surface area contributed by atoms with Gasteiger partial charge in [-0.25, -0.2) is 9.78 Å². The Morgan fingerprint density at radius 1 is 1.47 bits per heavy atom. The largest absolute Gasteiger partial charge is 0.322 e. The number of carbonyl (C=O) groups is 1. The Labute approximate surface area is 124 Å². The second-order valence-corrected chi connectivity index (χ2v) is 6.04. The van der Waals surface area contributed by atoms with E-state index in [1.807, 2.05) is 36.6 Å². The van der Waals surface area contributed by atoms with Crippen molar-refractivity contribution in [2.45, 2.75) is 13.5 Å². The van der Waals surface area contributed by atoms with Crippen LogP contribution in [0.2, 0.25) is 0 Å². The van der Waals surface area contributed by atoms with Crippen LogP contribution in [0.5, 0.6) is 0 Å². The first-order chi connectivity index (χ1) is 9.06. The Balaban J connectivity index is 1.98. The molecule has 1 aromatic carbocycles. The van der Waals surface area contributed by atoms with E-state index in [1.54, 1.807) is 23.3 Å². The number of anilines is 1. The fourth-order valence-electron chi connectivity index (χ4n) is 1.57. The van der Waals surface area contributed by atoms with E-state index in [-0.39, 0.29) is 6.03 Å². The molecular weight excluding hydrogens is 326 g/mol. The van der Waals surface area contributed by atoms with Gasteiger partial charge in [-0.1, -0.05) is 12.1 Å². The average molecular weight is 340 g/mol. The first-order valence-corrected chi connectivity index (χ1v) is 7.41. The van der Waals surface area contributed by atoms with Crippen LogP contribution in [-0.4, -0.2) is 23.0 Å². The number of aromatic nitrogens is 1. The Morgan fingerprint density at radius 3 is 2.84 bits per heavy atom. The van der Waals surface area contributed by atoms with Crippen molar-refractivity contribution < 1.29 is 4.79 Å². The summed E-state index contributed by atoms with van der Waals surface area (Å²) >= 11 is 4.99. The minimum absolute atomic E-state index is 0.155. The van der Waals surface area contributed by atoms with E-state index >= 15 is 0 Å². The van der Waals surface area contributed by atoms with E-state index in [1.165, 1.54) is 0 Å². The first-order valence-electron chi connectivity index (χ1n) is 5.74. The van der Waals surface area contributed by atoms with E-state index in [2.05, 4.69) is 26.2 Å². The summed E-state index contributed by atoms with van der Waals surface area (Å²) in [6, 6.07) is 7.37. The molecule has 2 rings (SSSR count). The number of nitrogens with one attached hydrogen (secondary N) is 1. The van der Waals surface area contributed by atoms with Crippen LogP contribution in [0, 0.1) is 6.92 Å². The molecule has 2 amide bonds. The van der Waals surface area contributed by atoms with Gasteiger partial charge >= 0.3 is 6.03 Å². The van der Waals surface area contributed by atoms with Gasteiger partial charge in [0.1, 0.15) is 0 Å². The lowest BCUT2D eigenvalue weighted by Gasteiger charge is -2.17. The Morgan fingerprint density at radius 2 is 2.21 bits per heavy atom. The Hall–Kier alpha value is -1.40. The minimum atomic E-state index is -0.155. The third kappa shape index (κ3) is 3.78. The lowest BCUT2D eigenvalue weighted by molar-refractivity contribution is 0.220. The minimum Gasteiger partial charge on any atom is -0.322 e. The standard InChI is InChI=1S/C13H14BrN3OS/c1-9-15-10(8-19-9)7-17(2)13(18)16-12-6-4-3-5-11(12)14/h3-6,8H,7H2,1-2H3,(H,16,18). The molecule has 0 atom stereocenters. The van der Waals surface area contributed by atoms with Gasteiger partial charge in [-0.15, -0.1) is 11.3 Å². The number of aryl methyl sites for hydroxylation is 1. The maximum Gasteiger partial charge on any atom is 0.321 e. The van der Waals surface area contributed by atoms with Gasteiger partial charge < -0.3 is 10.2 Å². The molecule has 0 unspecified atom stereocenters. The van der Waals surface area contributed by atoms with Crippen molar-refractivity contribution >= 4 is 39.0 Å². The fourth-order valence-corrected chi connectivity index (χ4v) is 2.56. The summed E-state index contributed by atoms with van der Waals surface area (Å²) in [5.41, 5.74) is 1.67. The molecule has 19 heavy (non-hydrogen) atoms. The molecule has 100 valence electrons. The highest BCUT2D eigenvalue weighted by Crippen LogP contribution is 2.21. The van der Waals surface area contributed by atoms with E-state index < -0.39 is 0 Å². The number of thiazole rings is 1. The van der Waals surface area contributed by atoms with Crippen LogP contribution in [0.25, 0.3) is 0 Å². The van der Waals surface area contributed by atoms with Gasteiger partial charge in [0.2, 0.25) is 0 Å². The lowest BCUT2D eigenvalue weighted by Crippen LogP contribution is -2.31. The van der Waals surface area contributed by atoms with Gasteiger partial charge in [-0.3, -0.25) is 0 Å². The number of amides is 2. The zero-order chi connectivity index (χ0) is 13.8. The van der Waals surface area contributed by atoms with E-state index in [0.717, 1.165) is 20.9 Å². The molecule has 6 heteroatoms. The summed E-state index contributed by atoms with van der Waals surface area (Å²) in [6.45, 7) is 2.45. The van der Waals surface area contributed by atoms with Crippen molar-refractivity contribution in [1.29, 1.82) is 0 Å². The first kappa shape index (κ1) is 14.0. The third-order valence-corrected chi connectivity index (χ3v) is 4.04. The van der Waals surface area contributed by atoms with Crippen LogP contribution in [0.3, 0.4) is 0 Å². The number of para-hydroxylation sites is 1. The number of hydrogen-bond donors (Lipinski definition) is 1. The number of benzene rings is 1. The number of urea groups is 1. The predicted molar refractivity (Wildman–Crippen MR) is 81.5 cm³/mol. The highest BCUT2D eigenvalue weighted by Gasteiger charge is 2.12. The topological polar surface area (TPSA) is 45.2 Å². The highest BCUT2D eigenvalue weighted by atomic mass is 79.9. The monoisotopic (exact) mass is 339 g/mol. The summed E-state index contributed by atoms with van der Waals surface area (Å²) in [4.78, 5) is 18.0. The molecule has 1 heterocycles. The average Bonchev–Trinajstić information content (AvgIpc) is 2.77. The zero-order valence-corrected chi connectivity index (χ0v) is 13.1. The molecule has 1 N–H and O–H groups in total. The van der Waals surface area contributed by atoms with Crippen LogP contribution in [-0.2, 0) is 6.54 Å². The Bertz CT molecular complexity index is 585. The van der Waals surface area contributed by atoms with E-state index in [0.29, 0.717) is 6.54 Å². The number of rotatable bonds is 3. The fraction of sp³-hybridized carbons (Fsp3) is 0.231. The van der Waals surface area contributed by atoms with Crippen molar-refractivity contribution in [3.63, 3.8) is 0 Å². The predicted octanol–water partition coefficient (Wildman–Crippen LogP) is 3.88. The number of carbonyl (C=O) groups excluding carboxylic acids is 1. The van der Waals surface area contributed by atoms with Gasteiger partial charge in [-0.2, -0.15) is 0 Å². The third-order valence-electron chi connectivity index (χ3n) is 2.53.